The first-order chi connectivity index (χ1) is 12.6. The zero-order valence-electron chi connectivity index (χ0n) is 18.5. The molecule has 0 spiro atoms. The quantitative estimate of drug-likeness (QED) is 0.170. The van der Waals surface area contributed by atoms with Crippen LogP contribution in [-0.4, -0.2) is 12.6 Å². The van der Waals surface area contributed by atoms with Crippen molar-refractivity contribution < 1.29 is 9.53 Å². The highest BCUT2D eigenvalue weighted by Gasteiger charge is 2.22. The molecule has 0 aliphatic carbocycles. The van der Waals surface area contributed by atoms with Gasteiger partial charge in [-0.1, -0.05) is 118 Å². The highest BCUT2D eigenvalue weighted by Crippen LogP contribution is 2.21. The molecule has 1 atom stereocenters. The molecule has 0 heterocycles. The highest BCUT2D eigenvalue weighted by molar-refractivity contribution is 5.72. The third kappa shape index (κ3) is 15.7. The zero-order chi connectivity index (χ0) is 19.5. The standard InChI is InChI=1S/C24H48O2/c1-5-7-8-9-10-11-12-13-14-15-16-17-18-19-20-23(22(3)4)24(25)26-21-6-2/h22-23H,5-21H2,1-4H3. The number of ether oxygens (including phenoxy) is 1. The monoisotopic (exact) mass is 368 g/mol. The summed E-state index contributed by atoms with van der Waals surface area (Å²) in [7, 11) is 0. The van der Waals surface area contributed by atoms with Gasteiger partial charge in [-0.2, -0.15) is 0 Å². The molecule has 0 aromatic rings. The molecule has 2 heteroatoms. The predicted molar refractivity (Wildman–Crippen MR) is 115 cm³/mol. The number of hydrogen-bond donors (Lipinski definition) is 0. The summed E-state index contributed by atoms with van der Waals surface area (Å²) in [6, 6.07) is 0. The Hall–Kier alpha value is -0.530. The summed E-state index contributed by atoms with van der Waals surface area (Å²) >= 11 is 0. The van der Waals surface area contributed by atoms with Gasteiger partial charge in [0, 0.05) is 0 Å². The number of hydrogen-bond acceptors (Lipinski definition) is 2. The Morgan fingerprint density at radius 1 is 0.654 bits per heavy atom. The molecule has 0 saturated heterocycles. The maximum absolute atomic E-state index is 12.1. The molecule has 0 amide bonds. The van der Waals surface area contributed by atoms with Gasteiger partial charge in [0.2, 0.25) is 0 Å². The molecular formula is C24H48O2. The van der Waals surface area contributed by atoms with Gasteiger partial charge in [-0.15, -0.1) is 0 Å². The Kier molecular flexibility index (Phi) is 18.8. The minimum atomic E-state index is 0.0246. The lowest BCUT2D eigenvalue weighted by molar-refractivity contribution is -0.150. The largest absolute Gasteiger partial charge is 0.465 e. The summed E-state index contributed by atoms with van der Waals surface area (Å²) < 4.78 is 5.35. The molecule has 0 aliphatic heterocycles. The van der Waals surface area contributed by atoms with Gasteiger partial charge >= 0.3 is 5.97 Å². The zero-order valence-corrected chi connectivity index (χ0v) is 18.5. The van der Waals surface area contributed by atoms with Crippen molar-refractivity contribution in [3.05, 3.63) is 0 Å². The van der Waals surface area contributed by atoms with Gasteiger partial charge in [0.15, 0.2) is 0 Å². The maximum atomic E-state index is 12.1. The molecular weight excluding hydrogens is 320 g/mol. The van der Waals surface area contributed by atoms with E-state index in [4.69, 9.17) is 4.74 Å². The van der Waals surface area contributed by atoms with E-state index in [2.05, 4.69) is 20.8 Å². The Bertz CT molecular complexity index is 299. The van der Waals surface area contributed by atoms with Crippen molar-refractivity contribution in [3.63, 3.8) is 0 Å². The van der Waals surface area contributed by atoms with Crippen LogP contribution in [0.4, 0.5) is 0 Å². The first kappa shape index (κ1) is 25.5. The summed E-state index contributed by atoms with van der Waals surface area (Å²) in [5.41, 5.74) is 0. The van der Waals surface area contributed by atoms with E-state index in [1.54, 1.807) is 0 Å². The molecule has 0 aliphatic rings. The summed E-state index contributed by atoms with van der Waals surface area (Å²) in [5, 5.41) is 0. The molecule has 0 rings (SSSR count). The second-order valence-corrected chi connectivity index (χ2v) is 8.40. The molecule has 0 aromatic carbocycles. The maximum Gasteiger partial charge on any atom is 0.309 e. The Morgan fingerprint density at radius 2 is 1.08 bits per heavy atom. The average molecular weight is 369 g/mol. The van der Waals surface area contributed by atoms with Crippen molar-refractivity contribution >= 4 is 5.97 Å². The molecule has 2 nitrogen and oxygen atoms in total. The number of unbranched alkanes of at least 4 members (excludes halogenated alkanes) is 13. The van der Waals surface area contributed by atoms with Gasteiger partial charge in [-0.3, -0.25) is 4.79 Å². The third-order valence-electron chi connectivity index (χ3n) is 5.42. The molecule has 0 fully saturated rings. The van der Waals surface area contributed by atoms with Gasteiger partial charge in [0.05, 0.1) is 12.5 Å². The van der Waals surface area contributed by atoms with E-state index in [1.165, 1.54) is 89.9 Å². The molecule has 0 N–H and O–H groups in total. The van der Waals surface area contributed by atoms with Gasteiger partial charge in [-0.05, 0) is 18.8 Å². The van der Waals surface area contributed by atoms with Crippen molar-refractivity contribution in [3.8, 4) is 0 Å². The van der Waals surface area contributed by atoms with Crippen LogP contribution >= 0.6 is 0 Å². The van der Waals surface area contributed by atoms with E-state index in [-0.39, 0.29) is 11.9 Å². The fraction of sp³-hybridized carbons (Fsp3) is 0.958. The average Bonchev–Trinajstić information content (AvgIpc) is 2.62. The molecule has 1 unspecified atom stereocenters. The summed E-state index contributed by atoms with van der Waals surface area (Å²) in [5.74, 6) is 0.511. The Balaban J connectivity index is 3.44. The molecule has 156 valence electrons. The van der Waals surface area contributed by atoms with Gasteiger partial charge in [-0.25, -0.2) is 0 Å². The van der Waals surface area contributed by atoms with E-state index >= 15 is 0 Å². The van der Waals surface area contributed by atoms with Crippen molar-refractivity contribution in [2.45, 2.75) is 130 Å². The molecule has 26 heavy (non-hydrogen) atoms. The van der Waals surface area contributed by atoms with Gasteiger partial charge in [0.1, 0.15) is 0 Å². The minimum absolute atomic E-state index is 0.0246. The topological polar surface area (TPSA) is 26.3 Å². The number of carbonyl (C=O) groups is 1. The van der Waals surface area contributed by atoms with Crippen LogP contribution in [-0.2, 0) is 9.53 Å². The van der Waals surface area contributed by atoms with E-state index in [1.807, 2.05) is 6.92 Å². The lowest BCUT2D eigenvalue weighted by Gasteiger charge is -2.19. The number of esters is 1. The van der Waals surface area contributed by atoms with E-state index in [0.29, 0.717) is 12.5 Å². The van der Waals surface area contributed by atoms with E-state index in [0.717, 1.165) is 12.8 Å². The van der Waals surface area contributed by atoms with Gasteiger partial charge < -0.3 is 4.74 Å². The van der Waals surface area contributed by atoms with E-state index < -0.39 is 0 Å². The summed E-state index contributed by atoms with van der Waals surface area (Å²) in [6.45, 7) is 9.18. The van der Waals surface area contributed by atoms with Crippen LogP contribution in [0.3, 0.4) is 0 Å². The second-order valence-electron chi connectivity index (χ2n) is 8.40. The minimum Gasteiger partial charge on any atom is -0.465 e. The van der Waals surface area contributed by atoms with Crippen molar-refractivity contribution in [2.24, 2.45) is 11.8 Å². The fourth-order valence-electron chi connectivity index (χ4n) is 3.59. The van der Waals surface area contributed by atoms with E-state index in [9.17, 15) is 4.79 Å². The first-order valence-corrected chi connectivity index (χ1v) is 11.8. The van der Waals surface area contributed by atoms with Gasteiger partial charge in [0.25, 0.3) is 0 Å². The fourth-order valence-corrected chi connectivity index (χ4v) is 3.59. The molecule has 0 saturated carbocycles. The van der Waals surface area contributed by atoms with Crippen LogP contribution in [0.15, 0.2) is 0 Å². The second kappa shape index (κ2) is 19.2. The van der Waals surface area contributed by atoms with Crippen LogP contribution in [0.5, 0.6) is 0 Å². The Morgan fingerprint density at radius 3 is 1.46 bits per heavy atom. The normalized spacial score (nSPS) is 12.5. The van der Waals surface area contributed by atoms with Crippen LogP contribution in [0, 0.1) is 11.8 Å². The molecule has 0 radical (unpaired) electrons. The van der Waals surface area contributed by atoms with Crippen molar-refractivity contribution in [2.75, 3.05) is 6.61 Å². The molecule has 0 bridgehead atoms. The molecule has 0 aromatic heterocycles. The smallest absolute Gasteiger partial charge is 0.309 e. The van der Waals surface area contributed by atoms with Crippen molar-refractivity contribution in [1.29, 1.82) is 0 Å². The lowest BCUT2D eigenvalue weighted by atomic mass is 9.90. The van der Waals surface area contributed by atoms with Crippen LogP contribution in [0.25, 0.3) is 0 Å². The predicted octanol–water partition coefficient (Wildman–Crippen LogP) is 8.08. The van der Waals surface area contributed by atoms with Crippen LogP contribution in [0.2, 0.25) is 0 Å². The first-order valence-electron chi connectivity index (χ1n) is 11.8. The highest BCUT2D eigenvalue weighted by atomic mass is 16.5. The van der Waals surface area contributed by atoms with Crippen molar-refractivity contribution in [1.82, 2.24) is 0 Å². The lowest BCUT2D eigenvalue weighted by Crippen LogP contribution is -2.23. The summed E-state index contributed by atoms with van der Waals surface area (Å²) in [4.78, 5) is 12.1. The van der Waals surface area contributed by atoms with Crippen LogP contribution < -0.4 is 0 Å². The Labute approximate surface area is 164 Å². The summed E-state index contributed by atoms with van der Waals surface area (Å²) in [6.07, 6.45) is 21.2. The van der Waals surface area contributed by atoms with Crippen LogP contribution in [0.1, 0.15) is 130 Å². The third-order valence-corrected chi connectivity index (χ3v) is 5.42. The number of carbonyl (C=O) groups excluding carboxylic acids is 1. The number of rotatable bonds is 19. The SMILES string of the molecule is CCCCCCCCCCCCCCCCC(C(=O)OCCC)C(C)C.